The molecule has 0 radical (unpaired) electrons. The first-order valence-electron chi connectivity index (χ1n) is 1.65. The first kappa shape index (κ1) is 11.1. The molecule has 0 fully saturated rings. The van der Waals surface area contributed by atoms with Crippen LogP contribution in [0.15, 0.2) is 0 Å². The lowest BCUT2D eigenvalue weighted by molar-refractivity contribution is 1.14. The first-order chi connectivity index (χ1) is 3.85. The van der Waals surface area contributed by atoms with Crippen molar-refractivity contribution in [1.29, 1.82) is 0 Å². The molecule has 0 rings (SSSR count). The van der Waals surface area contributed by atoms with Crippen LogP contribution in [0.2, 0.25) is 0 Å². The number of hydrogen-bond donors (Lipinski definition) is 0. The smallest absolute Gasteiger partial charge is 0.199 e. The van der Waals surface area contributed by atoms with E-state index in [2.05, 4.69) is 0 Å². The van der Waals surface area contributed by atoms with Gasteiger partial charge in [0.2, 0.25) is 0 Å². The average Bonchev–Trinajstić information content (AvgIpc) is 1.62. The minimum atomic E-state index is -3.01. The van der Waals surface area contributed by atoms with Crippen molar-refractivity contribution < 1.29 is 0 Å². The lowest BCUT2D eigenvalue weighted by atomic mass is 13.8. The molecular formula is HCl6NSi2. The van der Waals surface area contributed by atoms with Gasteiger partial charge in [-0.05, 0) is 11.8 Å². The van der Waals surface area contributed by atoms with Gasteiger partial charge in [0.05, 0.1) is 0 Å². The fourth-order valence-corrected chi connectivity index (χ4v) is 8.96. The standard InChI is InChI=1S/Cl6HNSi2/c1-7(8(2)3)9(4,5)6/h8H. The molecule has 9 heavy (non-hydrogen) atoms. The fraction of sp³-hybridized carbons (Fsp3) is 0. The Hall–Kier alpha value is 2.13. The van der Waals surface area contributed by atoms with Crippen LogP contribution in [0.4, 0.5) is 0 Å². The maximum absolute atomic E-state index is 5.41. The van der Waals surface area contributed by atoms with Gasteiger partial charge in [-0.2, -0.15) is 3.75 Å². The molecule has 0 aromatic heterocycles. The summed E-state index contributed by atoms with van der Waals surface area (Å²) in [6, 6.07) is 0. The van der Waals surface area contributed by atoms with Crippen LogP contribution in [0.25, 0.3) is 0 Å². The Balaban J connectivity index is 3.88. The van der Waals surface area contributed by atoms with E-state index in [0.717, 1.165) is 3.75 Å². The summed E-state index contributed by atoms with van der Waals surface area (Å²) < 4.78 is 0.931. The molecule has 0 spiro atoms. The van der Waals surface area contributed by atoms with Crippen LogP contribution in [0.3, 0.4) is 0 Å². The van der Waals surface area contributed by atoms with E-state index in [9.17, 15) is 0 Å². The predicted octanol–water partition coefficient (Wildman–Crippen LogP) is 2.79. The summed E-state index contributed by atoms with van der Waals surface area (Å²) in [4.78, 5) is 0. The third kappa shape index (κ3) is 4.55. The summed E-state index contributed by atoms with van der Waals surface area (Å²) in [6.45, 7) is 0. The van der Waals surface area contributed by atoms with E-state index < -0.39 is 13.7 Å². The summed E-state index contributed by atoms with van der Waals surface area (Å²) in [7, 11) is -2.18. The SMILES string of the molecule is ClN([SiH](Cl)Cl)[Si](Cl)(Cl)Cl. The van der Waals surface area contributed by atoms with Gasteiger partial charge >= 0.3 is 13.7 Å². The normalized spacial score (nSPS) is 13.3. The van der Waals surface area contributed by atoms with E-state index in [1.165, 1.54) is 0 Å². The van der Waals surface area contributed by atoms with Gasteiger partial charge in [-0.1, -0.05) is 0 Å². The van der Waals surface area contributed by atoms with Crippen molar-refractivity contribution in [3.05, 3.63) is 0 Å². The third-order valence-corrected chi connectivity index (χ3v) is 11.2. The molecule has 0 saturated carbocycles. The number of rotatable bonds is 2. The number of nitrogens with zero attached hydrogens (tertiary/aromatic N) is 1. The Kier molecular flexibility index (Phi) is 5.24. The van der Waals surface area contributed by atoms with Crippen LogP contribution in [-0.2, 0) is 0 Å². The summed E-state index contributed by atoms with van der Waals surface area (Å²) in [5.41, 5.74) is 0. The maximum Gasteiger partial charge on any atom is 0.433 e. The van der Waals surface area contributed by atoms with Crippen molar-refractivity contribution in [3.8, 4) is 0 Å². The third-order valence-electron chi connectivity index (χ3n) is 0.414. The highest BCUT2D eigenvalue weighted by atomic mass is 35.8. The van der Waals surface area contributed by atoms with Crippen LogP contribution in [0.5, 0.6) is 0 Å². The van der Waals surface area contributed by atoms with Crippen LogP contribution < -0.4 is 0 Å². The molecule has 0 heterocycles. The highest BCUT2D eigenvalue weighted by molar-refractivity contribution is 7.66. The zero-order valence-corrected chi connectivity index (χ0v) is 10.5. The van der Waals surface area contributed by atoms with Gasteiger partial charge in [-0.3, -0.25) is 0 Å². The Bertz CT molecular complexity index is 85.5. The number of halogens is 6. The van der Waals surface area contributed by atoms with Gasteiger partial charge in [0.15, 0.2) is 0 Å². The van der Waals surface area contributed by atoms with E-state index in [4.69, 9.17) is 67.2 Å². The van der Waals surface area contributed by atoms with E-state index in [0.29, 0.717) is 0 Å². The lowest BCUT2D eigenvalue weighted by Crippen LogP contribution is -2.37. The van der Waals surface area contributed by atoms with Gasteiger partial charge in [0.25, 0.3) is 0 Å². The molecule has 0 aliphatic heterocycles. The molecule has 0 aromatic rings. The fourth-order valence-electron chi connectivity index (χ4n) is 0.111. The van der Waals surface area contributed by atoms with Crippen LogP contribution in [0, 0.1) is 0 Å². The predicted molar refractivity (Wildman–Crippen MR) is 49.9 cm³/mol. The topological polar surface area (TPSA) is 3.24 Å². The van der Waals surface area contributed by atoms with Gasteiger partial charge < -0.3 is 0 Å². The molecular weight excluding hydrogens is 283 g/mol. The second-order valence-corrected chi connectivity index (χ2v) is 14.9. The Morgan fingerprint density at radius 2 is 1.44 bits per heavy atom. The zero-order chi connectivity index (χ0) is 7.65. The minimum Gasteiger partial charge on any atom is -0.199 e. The molecule has 0 aliphatic rings. The molecule has 0 atom stereocenters. The van der Waals surface area contributed by atoms with Crippen molar-refractivity contribution in [2.75, 3.05) is 0 Å². The molecule has 0 saturated heterocycles. The molecule has 0 aromatic carbocycles. The lowest BCUT2D eigenvalue weighted by Gasteiger charge is -2.18. The van der Waals surface area contributed by atoms with Gasteiger partial charge in [0.1, 0.15) is 0 Å². The summed E-state index contributed by atoms with van der Waals surface area (Å²) in [5, 5.41) is 0. The van der Waals surface area contributed by atoms with E-state index in [1.54, 1.807) is 0 Å². The van der Waals surface area contributed by atoms with Crippen molar-refractivity contribution in [2.24, 2.45) is 0 Å². The largest absolute Gasteiger partial charge is 0.433 e. The maximum atomic E-state index is 5.41. The molecule has 0 bridgehead atoms. The summed E-state index contributed by atoms with van der Waals surface area (Å²) in [6.07, 6.45) is -3.01. The second kappa shape index (κ2) is 4.23. The summed E-state index contributed by atoms with van der Waals surface area (Å²) >= 11 is 32.4. The first-order valence-corrected chi connectivity index (χ1v) is 11.0. The van der Waals surface area contributed by atoms with Gasteiger partial charge in [0, 0.05) is 0 Å². The monoisotopic (exact) mass is 281 g/mol. The van der Waals surface area contributed by atoms with Crippen molar-refractivity contribution in [1.82, 2.24) is 3.75 Å². The van der Waals surface area contributed by atoms with Gasteiger partial charge in [-0.15, -0.1) is 55.4 Å². The van der Waals surface area contributed by atoms with Crippen molar-refractivity contribution >= 4 is 80.9 Å². The van der Waals surface area contributed by atoms with E-state index in [-0.39, 0.29) is 0 Å². The minimum absolute atomic E-state index is 0.931. The Morgan fingerprint density at radius 3 is 1.44 bits per heavy atom. The Labute approximate surface area is 84.1 Å². The van der Waals surface area contributed by atoms with Crippen molar-refractivity contribution in [3.63, 3.8) is 0 Å². The van der Waals surface area contributed by atoms with Crippen LogP contribution in [-0.4, -0.2) is 17.5 Å². The zero-order valence-electron chi connectivity index (χ0n) is 3.79. The Morgan fingerprint density at radius 1 is 1.11 bits per heavy atom. The highest BCUT2D eigenvalue weighted by Gasteiger charge is 2.38. The van der Waals surface area contributed by atoms with Crippen molar-refractivity contribution in [2.45, 2.75) is 0 Å². The molecule has 0 unspecified atom stereocenters. The molecule has 0 amide bonds. The van der Waals surface area contributed by atoms with E-state index >= 15 is 0 Å². The molecule has 56 valence electrons. The number of hydrogen-bond acceptors (Lipinski definition) is 1. The van der Waals surface area contributed by atoms with E-state index in [1.807, 2.05) is 0 Å². The van der Waals surface area contributed by atoms with Crippen LogP contribution >= 0.6 is 67.2 Å². The van der Waals surface area contributed by atoms with Gasteiger partial charge in [-0.25, -0.2) is 0 Å². The molecule has 1 nitrogen and oxygen atoms in total. The molecule has 0 aliphatic carbocycles. The quantitative estimate of drug-likeness (QED) is 0.428. The summed E-state index contributed by atoms with van der Waals surface area (Å²) in [5.74, 6) is 0. The molecule has 9 heteroatoms. The van der Waals surface area contributed by atoms with Crippen LogP contribution in [0.1, 0.15) is 0 Å². The second-order valence-electron chi connectivity index (χ2n) is 1.06. The average molecular weight is 284 g/mol. The highest BCUT2D eigenvalue weighted by Crippen LogP contribution is 2.29. The molecule has 0 N–H and O–H groups in total.